The standard InChI is InChI=1S/C22H19N/c1-15-14-21(16(2)17-8-4-3-5-9-17)23-22-19(15)13-12-18-10-6-7-11-20(18)22/h3-14,16H,1-2H3. The normalized spacial score (nSPS) is 12.6. The fourth-order valence-corrected chi connectivity index (χ4v) is 3.29. The van der Waals surface area contributed by atoms with Gasteiger partial charge in [-0.25, -0.2) is 0 Å². The van der Waals surface area contributed by atoms with E-state index in [0.29, 0.717) is 5.92 Å². The largest absolute Gasteiger partial charge is 0.252 e. The summed E-state index contributed by atoms with van der Waals surface area (Å²) in [5, 5.41) is 3.72. The maximum atomic E-state index is 5.04. The molecule has 0 saturated heterocycles. The molecule has 0 aliphatic carbocycles. The van der Waals surface area contributed by atoms with Gasteiger partial charge in [0.05, 0.1) is 5.52 Å². The van der Waals surface area contributed by atoms with Crippen LogP contribution < -0.4 is 0 Å². The monoisotopic (exact) mass is 297 g/mol. The summed E-state index contributed by atoms with van der Waals surface area (Å²) >= 11 is 0. The molecule has 1 unspecified atom stereocenters. The van der Waals surface area contributed by atoms with Gasteiger partial charge in [0.2, 0.25) is 0 Å². The zero-order valence-electron chi connectivity index (χ0n) is 13.5. The number of benzene rings is 3. The summed E-state index contributed by atoms with van der Waals surface area (Å²) in [5.41, 5.74) is 4.84. The number of fused-ring (bicyclic) bond motifs is 3. The molecule has 1 atom stereocenters. The lowest BCUT2D eigenvalue weighted by Crippen LogP contribution is -2.01. The zero-order chi connectivity index (χ0) is 15.8. The highest BCUT2D eigenvalue weighted by Gasteiger charge is 2.13. The van der Waals surface area contributed by atoms with Crippen molar-refractivity contribution in [2.24, 2.45) is 0 Å². The van der Waals surface area contributed by atoms with Crippen LogP contribution in [0.3, 0.4) is 0 Å². The average Bonchev–Trinajstić information content (AvgIpc) is 2.61. The molecule has 4 rings (SSSR count). The third-order valence-electron chi connectivity index (χ3n) is 4.67. The van der Waals surface area contributed by atoms with Gasteiger partial charge in [-0.15, -0.1) is 0 Å². The fourth-order valence-electron chi connectivity index (χ4n) is 3.29. The van der Waals surface area contributed by atoms with E-state index in [2.05, 4.69) is 86.6 Å². The summed E-state index contributed by atoms with van der Waals surface area (Å²) in [6.45, 7) is 4.41. The second-order valence-corrected chi connectivity index (χ2v) is 6.18. The van der Waals surface area contributed by atoms with E-state index in [1.807, 2.05) is 0 Å². The second kappa shape index (κ2) is 5.51. The minimum atomic E-state index is 0.290. The maximum absolute atomic E-state index is 5.04. The van der Waals surface area contributed by atoms with Gasteiger partial charge in [0.25, 0.3) is 0 Å². The molecule has 0 spiro atoms. The van der Waals surface area contributed by atoms with Gasteiger partial charge in [-0.1, -0.05) is 73.7 Å². The van der Waals surface area contributed by atoms with Crippen molar-refractivity contribution in [3.8, 4) is 0 Å². The first kappa shape index (κ1) is 14.0. The smallest absolute Gasteiger partial charge is 0.0786 e. The summed E-state index contributed by atoms with van der Waals surface area (Å²) < 4.78 is 0. The summed E-state index contributed by atoms with van der Waals surface area (Å²) in [4.78, 5) is 5.04. The number of hydrogen-bond acceptors (Lipinski definition) is 1. The van der Waals surface area contributed by atoms with Gasteiger partial charge in [-0.2, -0.15) is 0 Å². The van der Waals surface area contributed by atoms with Crippen molar-refractivity contribution in [2.75, 3.05) is 0 Å². The number of aryl methyl sites for hydroxylation is 1. The number of hydrogen-bond donors (Lipinski definition) is 0. The quantitative estimate of drug-likeness (QED) is 0.423. The minimum absolute atomic E-state index is 0.290. The molecule has 1 aromatic heterocycles. The molecule has 3 aromatic carbocycles. The van der Waals surface area contributed by atoms with Gasteiger partial charge in [0, 0.05) is 22.4 Å². The topological polar surface area (TPSA) is 12.9 Å². The van der Waals surface area contributed by atoms with E-state index < -0.39 is 0 Å². The molecule has 0 aliphatic heterocycles. The Morgan fingerprint density at radius 1 is 0.783 bits per heavy atom. The Morgan fingerprint density at radius 2 is 1.52 bits per heavy atom. The first-order valence-electron chi connectivity index (χ1n) is 8.08. The lowest BCUT2D eigenvalue weighted by atomic mass is 9.94. The van der Waals surface area contributed by atoms with Gasteiger partial charge in [0.1, 0.15) is 0 Å². The van der Waals surface area contributed by atoms with Crippen LogP contribution in [-0.2, 0) is 0 Å². The van der Waals surface area contributed by atoms with Gasteiger partial charge in [0.15, 0.2) is 0 Å². The van der Waals surface area contributed by atoms with Gasteiger partial charge in [-0.3, -0.25) is 4.98 Å². The van der Waals surface area contributed by atoms with Crippen molar-refractivity contribution in [1.82, 2.24) is 4.98 Å². The highest BCUT2D eigenvalue weighted by Crippen LogP contribution is 2.30. The predicted octanol–water partition coefficient (Wildman–Crippen LogP) is 5.85. The van der Waals surface area contributed by atoms with Crippen molar-refractivity contribution in [3.63, 3.8) is 0 Å². The summed E-state index contributed by atoms with van der Waals surface area (Å²) in [5.74, 6) is 0.290. The minimum Gasteiger partial charge on any atom is -0.252 e. The molecular formula is C22H19N. The Balaban J connectivity index is 1.97. The van der Waals surface area contributed by atoms with E-state index >= 15 is 0 Å². The number of rotatable bonds is 2. The van der Waals surface area contributed by atoms with E-state index in [4.69, 9.17) is 4.98 Å². The Labute approximate surface area is 136 Å². The van der Waals surface area contributed by atoms with Gasteiger partial charge in [-0.05, 0) is 29.5 Å². The van der Waals surface area contributed by atoms with Crippen LogP contribution in [0, 0.1) is 6.92 Å². The molecule has 0 amide bonds. The molecule has 0 aliphatic rings. The van der Waals surface area contributed by atoms with E-state index in [0.717, 1.165) is 11.2 Å². The first-order valence-corrected chi connectivity index (χ1v) is 8.08. The molecular weight excluding hydrogens is 278 g/mol. The van der Waals surface area contributed by atoms with Crippen LogP contribution in [0.4, 0.5) is 0 Å². The third-order valence-corrected chi connectivity index (χ3v) is 4.67. The zero-order valence-corrected chi connectivity index (χ0v) is 13.5. The van der Waals surface area contributed by atoms with Crippen LogP contribution in [0.15, 0.2) is 72.8 Å². The summed E-state index contributed by atoms with van der Waals surface area (Å²) in [6, 6.07) is 25.7. The molecule has 0 N–H and O–H groups in total. The molecule has 23 heavy (non-hydrogen) atoms. The fraction of sp³-hybridized carbons (Fsp3) is 0.136. The molecule has 112 valence electrons. The van der Waals surface area contributed by atoms with Crippen LogP contribution in [-0.4, -0.2) is 4.98 Å². The van der Waals surface area contributed by atoms with Crippen LogP contribution in [0.2, 0.25) is 0 Å². The molecule has 0 bridgehead atoms. The predicted molar refractivity (Wildman–Crippen MR) is 97.9 cm³/mol. The van der Waals surface area contributed by atoms with Crippen molar-refractivity contribution >= 4 is 21.7 Å². The van der Waals surface area contributed by atoms with Crippen LogP contribution in [0.25, 0.3) is 21.7 Å². The summed E-state index contributed by atoms with van der Waals surface area (Å²) in [7, 11) is 0. The second-order valence-electron chi connectivity index (χ2n) is 6.18. The van der Waals surface area contributed by atoms with E-state index in [-0.39, 0.29) is 0 Å². The van der Waals surface area contributed by atoms with Crippen molar-refractivity contribution in [3.05, 3.63) is 89.6 Å². The van der Waals surface area contributed by atoms with Crippen molar-refractivity contribution in [2.45, 2.75) is 19.8 Å². The third kappa shape index (κ3) is 2.39. The molecule has 1 heteroatoms. The molecule has 1 heterocycles. The number of nitrogens with zero attached hydrogens (tertiary/aromatic N) is 1. The first-order chi connectivity index (χ1) is 11.2. The molecule has 0 fully saturated rings. The van der Waals surface area contributed by atoms with E-state index in [1.165, 1.54) is 27.3 Å². The van der Waals surface area contributed by atoms with Gasteiger partial charge >= 0.3 is 0 Å². The molecule has 0 radical (unpaired) electrons. The van der Waals surface area contributed by atoms with Crippen LogP contribution in [0.1, 0.15) is 29.7 Å². The summed E-state index contributed by atoms with van der Waals surface area (Å²) in [6.07, 6.45) is 0. The molecule has 1 nitrogen and oxygen atoms in total. The number of pyridine rings is 1. The average molecular weight is 297 g/mol. The highest BCUT2D eigenvalue weighted by atomic mass is 14.7. The van der Waals surface area contributed by atoms with E-state index in [1.54, 1.807) is 0 Å². The Morgan fingerprint density at radius 3 is 2.35 bits per heavy atom. The Bertz CT molecular complexity index is 987. The molecule has 4 aromatic rings. The maximum Gasteiger partial charge on any atom is 0.0786 e. The Kier molecular flexibility index (Phi) is 3.34. The van der Waals surface area contributed by atoms with Crippen LogP contribution >= 0.6 is 0 Å². The van der Waals surface area contributed by atoms with E-state index in [9.17, 15) is 0 Å². The molecule has 0 saturated carbocycles. The van der Waals surface area contributed by atoms with Crippen molar-refractivity contribution in [1.29, 1.82) is 0 Å². The van der Waals surface area contributed by atoms with Crippen LogP contribution in [0.5, 0.6) is 0 Å². The SMILES string of the molecule is Cc1cc(C(C)c2ccccc2)nc2c1ccc1ccccc12. The van der Waals surface area contributed by atoms with Gasteiger partial charge < -0.3 is 0 Å². The highest BCUT2D eigenvalue weighted by molar-refractivity contribution is 6.06. The lowest BCUT2D eigenvalue weighted by molar-refractivity contribution is 0.879. The number of aromatic nitrogens is 1. The lowest BCUT2D eigenvalue weighted by Gasteiger charge is -2.15. The van der Waals surface area contributed by atoms with Crippen molar-refractivity contribution < 1.29 is 0 Å². The Hall–Kier alpha value is -2.67.